The van der Waals surface area contributed by atoms with Gasteiger partial charge in [0.15, 0.2) is 0 Å². The predicted octanol–water partition coefficient (Wildman–Crippen LogP) is 1.86. The van der Waals surface area contributed by atoms with Crippen LogP contribution >= 0.6 is 0 Å². The minimum Gasteiger partial charge on any atom is -0.285 e. The average Bonchev–Trinajstić information content (AvgIpc) is 2.48. The summed E-state index contributed by atoms with van der Waals surface area (Å²) in [4.78, 5) is 4.32. The molecule has 1 N–H and O–H groups in total. The number of hydrogen-bond donors (Lipinski definition) is 1. The molecule has 0 bridgehead atoms. The molecule has 0 saturated heterocycles. The SMILES string of the molecule is C1=Cc2ncccc2C2=NNC=CC2=C1. The predicted molar refractivity (Wildman–Crippen MR) is 60.2 cm³/mol. The first kappa shape index (κ1) is 8.17. The second-order valence-electron chi connectivity index (χ2n) is 3.34. The molecule has 0 aromatic carbocycles. The summed E-state index contributed by atoms with van der Waals surface area (Å²) in [7, 11) is 0. The van der Waals surface area contributed by atoms with Crippen molar-refractivity contribution in [3.63, 3.8) is 0 Å². The van der Waals surface area contributed by atoms with Gasteiger partial charge in [0.25, 0.3) is 0 Å². The fourth-order valence-corrected chi connectivity index (χ4v) is 1.72. The molecule has 15 heavy (non-hydrogen) atoms. The van der Waals surface area contributed by atoms with Crippen molar-refractivity contribution in [1.82, 2.24) is 10.4 Å². The number of nitrogens with one attached hydrogen (secondary N) is 1. The Bertz CT molecular complexity index is 521. The molecular formula is C12H9N3. The van der Waals surface area contributed by atoms with E-state index in [1.54, 1.807) is 6.20 Å². The topological polar surface area (TPSA) is 37.3 Å². The van der Waals surface area contributed by atoms with Gasteiger partial charge >= 0.3 is 0 Å². The molecule has 2 aliphatic rings. The van der Waals surface area contributed by atoms with E-state index in [2.05, 4.69) is 15.5 Å². The van der Waals surface area contributed by atoms with Crippen LogP contribution < -0.4 is 5.43 Å². The minimum absolute atomic E-state index is 0.950. The maximum absolute atomic E-state index is 4.32. The molecule has 3 nitrogen and oxygen atoms in total. The van der Waals surface area contributed by atoms with Crippen molar-refractivity contribution in [3.05, 3.63) is 59.6 Å². The number of hydrogen-bond acceptors (Lipinski definition) is 3. The van der Waals surface area contributed by atoms with Gasteiger partial charge in [-0.15, -0.1) is 0 Å². The first-order chi connectivity index (χ1) is 7.45. The van der Waals surface area contributed by atoms with Crippen molar-refractivity contribution < 1.29 is 0 Å². The van der Waals surface area contributed by atoms with Gasteiger partial charge in [0.2, 0.25) is 0 Å². The Morgan fingerprint density at radius 1 is 1.20 bits per heavy atom. The van der Waals surface area contributed by atoms with E-state index in [0.29, 0.717) is 0 Å². The van der Waals surface area contributed by atoms with Crippen molar-refractivity contribution in [2.45, 2.75) is 0 Å². The van der Waals surface area contributed by atoms with Crippen LogP contribution in [0.2, 0.25) is 0 Å². The van der Waals surface area contributed by atoms with Crippen molar-refractivity contribution >= 4 is 11.8 Å². The molecule has 0 fully saturated rings. The van der Waals surface area contributed by atoms with Crippen molar-refractivity contribution in [2.24, 2.45) is 5.10 Å². The molecule has 0 unspecified atom stereocenters. The minimum atomic E-state index is 0.950. The van der Waals surface area contributed by atoms with Crippen molar-refractivity contribution in [1.29, 1.82) is 0 Å². The summed E-state index contributed by atoms with van der Waals surface area (Å²) >= 11 is 0. The molecule has 0 radical (unpaired) electrons. The zero-order chi connectivity index (χ0) is 10.1. The van der Waals surface area contributed by atoms with E-state index in [1.165, 1.54) is 0 Å². The van der Waals surface area contributed by atoms with E-state index >= 15 is 0 Å². The molecule has 72 valence electrons. The summed E-state index contributed by atoms with van der Waals surface area (Å²) in [5.41, 5.74) is 6.94. The monoisotopic (exact) mass is 195 g/mol. The summed E-state index contributed by atoms with van der Waals surface area (Å²) in [5, 5.41) is 4.28. The second-order valence-corrected chi connectivity index (χ2v) is 3.34. The zero-order valence-corrected chi connectivity index (χ0v) is 8.01. The second kappa shape index (κ2) is 3.20. The first-order valence-electron chi connectivity index (χ1n) is 4.79. The van der Waals surface area contributed by atoms with E-state index in [1.807, 2.05) is 42.6 Å². The number of aromatic nitrogens is 1. The fraction of sp³-hybridized carbons (Fsp3) is 0. The molecule has 0 amide bonds. The van der Waals surface area contributed by atoms with Crippen LogP contribution in [-0.2, 0) is 0 Å². The molecule has 0 saturated carbocycles. The highest BCUT2D eigenvalue weighted by Gasteiger charge is 2.15. The van der Waals surface area contributed by atoms with Crippen LogP contribution in [-0.4, -0.2) is 10.7 Å². The highest BCUT2D eigenvalue weighted by Crippen LogP contribution is 2.20. The number of allylic oxidation sites excluding steroid dienone is 4. The summed E-state index contributed by atoms with van der Waals surface area (Å²) < 4.78 is 0. The largest absolute Gasteiger partial charge is 0.285 e. The summed E-state index contributed by atoms with van der Waals surface area (Å²) in [6.45, 7) is 0. The molecule has 2 heterocycles. The van der Waals surface area contributed by atoms with E-state index < -0.39 is 0 Å². The molecule has 1 aromatic rings. The van der Waals surface area contributed by atoms with Gasteiger partial charge in [-0.05, 0) is 24.3 Å². The first-order valence-corrected chi connectivity index (χ1v) is 4.79. The quantitative estimate of drug-likeness (QED) is 0.686. The third kappa shape index (κ3) is 1.29. The van der Waals surface area contributed by atoms with E-state index in [9.17, 15) is 0 Å². The van der Waals surface area contributed by atoms with Crippen LogP contribution in [0.25, 0.3) is 6.08 Å². The van der Waals surface area contributed by atoms with Crippen LogP contribution in [0.15, 0.2) is 53.4 Å². The Labute approximate surface area is 87.5 Å². The lowest BCUT2D eigenvalue weighted by atomic mass is 10.0. The number of nitrogens with zero attached hydrogens (tertiary/aromatic N) is 2. The van der Waals surface area contributed by atoms with E-state index in [0.717, 1.165) is 22.5 Å². The third-order valence-electron chi connectivity index (χ3n) is 2.41. The normalized spacial score (nSPS) is 16.8. The van der Waals surface area contributed by atoms with Gasteiger partial charge in [0.05, 0.1) is 11.4 Å². The third-order valence-corrected chi connectivity index (χ3v) is 2.41. The van der Waals surface area contributed by atoms with Gasteiger partial charge < -0.3 is 0 Å². The molecule has 0 atom stereocenters. The molecule has 1 aliphatic heterocycles. The Balaban J connectivity index is 2.25. The smallest absolute Gasteiger partial charge is 0.0999 e. The van der Waals surface area contributed by atoms with Crippen LogP contribution in [0.5, 0.6) is 0 Å². The van der Waals surface area contributed by atoms with E-state index in [-0.39, 0.29) is 0 Å². The number of rotatable bonds is 0. The number of hydrazone groups is 1. The highest BCUT2D eigenvalue weighted by atomic mass is 15.3. The standard InChI is InChI=1S/C12H9N3/c1-3-9-6-8-14-15-12(9)10-4-2-7-13-11(10)5-1/h1-8,14H. The molecular weight excluding hydrogens is 186 g/mol. The highest BCUT2D eigenvalue weighted by molar-refractivity contribution is 6.16. The van der Waals surface area contributed by atoms with Gasteiger partial charge in [-0.25, -0.2) is 0 Å². The van der Waals surface area contributed by atoms with Crippen molar-refractivity contribution in [2.75, 3.05) is 0 Å². The lowest BCUT2D eigenvalue weighted by Crippen LogP contribution is -2.14. The van der Waals surface area contributed by atoms with Crippen LogP contribution in [0, 0.1) is 0 Å². The van der Waals surface area contributed by atoms with Crippen LogP contribution in [0.3, 0.4) is 0 Å². The summed E-state index contributed by atoms with van der Waals surface area (Å²) in [6.07, 6.45) is 11.7. The summed E-state index contributed by atoms with van der Waals surface area (Å²) in [6, 6.07) is 3.96. The Morgan fingerprint density at radius 2 is 2.20 bits per heavy atom. The fourth-order valence-electron chi connectivity index (χ4n) is 1.72. The van der Waals surface area contributed by atoms with Crippen LogP contribution in [0.1, 0.15) is 11.3 Å². The maximum Gasteiger partial charge on any atom is 0.0999 e. The van der Waals surface area contributed by atoms with Crippen molar-refractivity contribution in [3.8, 4) is 0 Å². The molecule has 1 aromatic heterocycles. The lowest BCUT2D eigenvalue weighted by Gasteiger charge is -2.11. The average molecular weight is 195 g/mol. The van der Waals surface area contributed by atoms with Gasteiger partial charge in [-0.2, -0.15) is 5.10 Å². The summed E-state index contributed by atoms with van der Waals surface area (Å²) in [5.74, 6) is 0. The Kier molecular flexibility index (Phi) is 1.75. The lowest BCUT2D eigenvalue weighted by molar-refractivity contribution is 0.954. The van der Waals surface area contributed by atoms with Gasteiger partial charge in [0, 0.05) is 23.5 Å². The Morgan fingerprint density at radius 3 is 3.20 bits per heavy atom. The Hall–Kier alpha value is -2.16. The number of fused-ring (bicyclic) bond motifs is 3. The van der Waals surface area contributed by atoms with Gasteiger partial charge in [0.1, 0.15) is 0 Å². The van der Waals surface area contributed by atoms with Gasteiger partial charge in [-0.1, -0.05) is 12.2 Å². The molecule has 3 rings (SSSR count). The van der Waals surface area contributed by atoms with Crippen LogP contribution in [0.4, 0.5) is 0 Å². The molecule has 0 spiro atoms. The molecule has 1 aliphatic carbocycles. The zero-order valence-electron chi connectivity index (χ0n) is 8.01. The van der Waals surface area contributed by atoms with Gasteiger partial charge in [-0.3, -0.25) is 10.4 Å². The maximum atomic E-state index is 4.32. The number of pyridine rings is 1. The van der Waals surface area contributed by atoms with E-state index in [4.69, 9.17) is 0 Å². The molecule has 3 heteroatoms.